The van der Waals surface area contributed by atoms with Crippen LogP contribution in [0.2, 0.25) is 0 Å². The molecule has 2 aromatic rings. The second-order valence-corrected chi connectivity index (χ2v) is 4.16. The highest BCUT2D eigenvalue weighted by Crippen LogP contribution is 2.17. The lowest BCUT2D eigenvalue weighted by Crippen LogP contribution is -2.13. The first-order valence-electron chi connectivity index (χ1n) is 5.46. The van der Waals surface area contributed by atoms with Crippen molar-refractivity contribution in [1.29, 1.82) is 0 Å². The van der Waals surface area contributed by atoms with E-state index in [1.165, 1.54) is 0 Å². The van der Waals surface area contributed by atoms with Gasteiger partial charge >= 0.3 is 0 Å². The number of aromatic amines is 1. The quantitative estimate of drug-likeness (QED) is 0.600. The van der Waals surface area contributed by atoms with Crippen molar-refractivity contribution < 1.29 is 4.79 Å². The van der Waals surface area contributed by atoms with Crippen molar-refractivity contribution in [2.24, 2.45) is 0 Å². The first kappa shape index (κ1) is 12.0. The second-order valence-electron chi connectivity index (χ2n) is 4.16. The van der Waals surface area contributed by atoms with Gasteiger partial charge in [0.25, 0.3) is 5.91 Å². The van der Waals surface area contributed by atoms with Crippen LogP contribution in [-0.2, 0) is 0 Å². The van der Waals surface area contributed by atoms with Crippen molar-refractivity contribution in [3.8, 4) is 0 Å². The summed E-state index contributed by atoms with van der Waals surface area (Å²) < 4.78 is 0. The summed E-state index contributed by atoms with van der Waals surface area (Å²) in [7, 11) is 0. The molecule has 1 heterocycles. The van der Waals surface area contributed by atoms with Crippen LogP contribution in [0.15, 0.2) is 18.2 Å². The van der Waals surface area contributed by atoms with E-state index < -0.39 is 0 Å². The van der Waals surface area contributed by atoms with Crippen LogP contribution in [0.3, 0.4) is 0 Å². The molecule has 0 fully saturated rings. The monoisotopic (exact) mass is 245 g/mol. The van der Waals surface area contributed by atoms with Crippen LogP contribution in [-0.4, -0.2) is 16.1 Å². The molecule has 18 heavy (non-hydrogen) atoms. The number of nitrogen functional groups attached to an aromatic ring is 2. The van der Waals surface area contributed by atoms with Gasteiger partial charge in [-0.2, -0.15) is 5.10 Å². The number of hydrogen-bond acceptors (Lipinski definition) is 4. The number of nitrogens with two attached hydrogens (primary N) is 2. The Morgan fingerprint density at radius 1 is 1.22 bits per heavy atom. The SMILES string of the molecule is Cc1[nH]nc(NC(=O)c2cc(N)cc(N)c2)c1C. The summed E-state index contributed by atoms with van der Waals surface area (Å²) in [5.74, 6) is 0.224. The smallest absolute Gasteiger partial charge is 0.257 e. The number of nitrogens with one attached hydrogen (secondary N) is 2. The van der Waals surface area contributed by atoms with Crippen LogP contribution < -0.4 is 16.8 Å². The van der Waals surface area contributed by atoms with Gasteiger partial charge in [-0.05, 0) is 32.0 Å². The molecule has 0 unspecified atom stereocenters. The molecule has 1 aromatic carbocycles. The average Bonchev–Trinajstić information content (AvgIpc) is 2.59. The molecule has 0 bridgehead atoms. The summed E-state index contributed by atoms with van der Waals surface area (Å²) in [5.41, 5.74) is 14.4. The van der Waals surface area contributed by atoms with E-state index >= 15 is 0 Å². The third-order valence-corrected chi connectivity index (χ3v) is 2.72. The minimum absolute atomic E-state index is 0.288. The van der Waals surface area contributed by atoms with Gasteiger partial charge in [0.15, 0.2) is 5.82 Å². The van der Waals surface area contributed by atoms with E-state index in [1.54, 1.807) is 18.2 Å². The lowest BCUT2D eigenvalue weighted by Gasteiger charge is -2.05. The number of amides is 1. The molecule has 0 saturated carbocycles. The van der Waals surface area contributed by atoms with Gasteiger partial charge in [-0.25, -0.2) is 0 Å². The van der Waals surface area contributed by atoms with Gasteiger partial charge in [-0.3, -0.25) is 9.89 Å². The predicted molar refractivity (Wildman–Crippen MR) is 71.3 cm³/mol. The third-order valence-electron chi connectivity index (χ3n) is 2.72. The first-order chi connectivity index (χ1) is 8.47. The predicted octanol–water partition coefficient (Wildman–Crippen LogP) is 1.44. The first-order valence-corrected chi connectivity index (χ1v) is 5.46. The van der Waals surface area contributed by atoms with E-state index in [4.69, 9.17) is 11.5 Å². The van der Waals surface area contributed by atoms with E-state index in [9.17, 15) is 4.79 Å². The number of aromatic nitrogens is 2. The zero-order chi connectivity index (χ0) is 13.3. The molecule has 0 radical (unpaired) electrons. The minimum Gasteiger partial charge on any atom is -0.399 e. The molecule has 0 saturated heterocycles. The van der Waals surface area contributed by atoms with E-state index in [-0.39, 0.29) is 5.91 Å². The molecule has 0 atom stereocenters. The highest BCUT2D eigenvalue weighted by molar-refractivity contribution is 6.05. The Labute approximate surface area is 104 Å². The summed E-state index contributed by atoms with van der Waals surface area (Å²) in [6, 6.07) is 4.74. The molecule has 94 valence electrons. The number of nitrogens with zero attached hydrogens (tertiary/aromatic N) is 1. The molecule has 0 aliphatic rings. The maximum absolute atomic E-state index is 12.0. The Kier molecular flexibility index (Phi) is 2.93. The van der Waals surface area contributed by atoms with Crippen LogP contribution in [0.25, 0.3) is 0 Å². The standard InChI is InChI=1S/C12H15N5O/c1-6-7(2)16-17-11(6)15-12(18)8-3-9(13)5-10(14)4-8/h3-5H,13-14H2,1-2H3,(H2,15,16,17,18). The van der Waals surface area contributed by atoms with Crippen molar-refractivity contribution >= 4 is 23.1 Å². The number of benzene rings is 1. The maximum Gasteiger partial charge on any atom is 0.257 e. The Hall–Kier alpha value is -2.50. The number of aryl methyl sites for hydroxylation is 1. The number of carbonyl (C=O) groups is 1. The fourth-order valence-electron chi connectivity index (χ4n) is 1.59. The molecule has 6 heteroatoms. The maximum atomic E-state index is 12.0. The number of anilines is 3. The van der Waals surface area contributed by atoms with E-state index in [0.717, 1.165) is 11.3 Å². The Morgan fingerprint density at radius 2 is 1.83 bits per heavy atom. The summed E-state index contributed by atoms with van der Waals surface area (Å²) >= 11 is 0. The van der Waals surface area contributed by atoms with Gasteiger partial charge < -0.3 is 16.8 Å². The van der Waals surface area contributed by atoms with Crippen LogP contribution >= 0.6 is 0 Å². The molecule has 0 spiro atoms. The molecule has 6 nitrogen and oxygen atoms in total. The van der Waals surface area contributed by atoms with Crippen LogP contribution in [0, 0.1) is 13.8 Å². The summed E-state index contributed by atoms with van der Waals surface area (Å²) in [4.78, 5) is 12.0. The van der Waals surface area contributed by atoms with Crippen molar-refractivity contribution in [2.75, 3.05) is 16.8 Å². The van der Waals surface area contributed by atoms with Crippen molar-refractivity contribution in [3.63, 3.8) is 0 Å². The minimum atomic E-state index is -0.288. The normalized spacial score (nSPS) is 10.3. The highest BCUT2D eigenvalue weighted by atomic mass is 16.1. The molecule has 1 amide bonds. The van der Waals surface area contributed by atoms with E-state index in [2.05, 4.69) is 15.5 Å². The van der Waals surface area contributed by atoms with Crippen molar-refractivity contribution in [1.82, 2.24) is 10.2 Å². The molecule has 2 rings (SSSR count). The second kappa shape index (κ2) is 4.40. The highest BCUT2D eigenvalue weighted by Gasteiger charge is 2.12. The van der Waals surface area contributed by atoms with Crippen molar-refractivity contribution in [3.05, 3.63) is 35.0 Å². The van der Waals surface area contributed by atoms with Gasteiger partial charge in [0.2, 0.25) is 0 Å². The zero-order valence-corrected chi connectivity index (χ0v) is 10.2. The number of rotatable bonds is 2. The summed E-state index contributed by atoms with van der Waals surface area (Å²) in [6.45, 7) is 3.76. The molecular weight excluding hydrogens is 230 g/mol. The Bertz CT molecular complexity index is 582. The van der Waals surface area contributed by atoms with Crippen LogP contribution in [0.1, 0.15) is 21.6 Å². The summed E-state index contributed by atoms with van der Waals surface area (Å²) in [5, 5.41) is 9.52. The summed E-state index contributed by atoms with van der Waals surface area (Å²) in [6.07, 6.45) is 0. The van der Waals surface area contributed by atoms with Gasteiger partial charge in [-0.1, -0.05) is 0 Å². The van der Waals surface area contributed by atoms with Gasteiger partial charge in [0, 0.05) is 28.2 Å². The van der Waals surface area contributed by atoms with Crippen LogP contribution in [0.5, 0.6) is 0 Å². The van der Waals surface area contributed by atoms with E-state index in [1.807, 2.05) is 13.8 Å². The molecule has 0 aliphatic heterocycles. The number of H-pyrrole nitrogens is 1. The fraction of sp³-hybridized carbons (Fsp3) is 0.167. The largest absolute Gasteiger partial charge is 0.399 e. The van der Waals surface area contributed by atoms with Crippen molar-refractivity contribution in [2.45, 2.75) is 13.8 Å². The van der Waals surface area contributed by atoms with Gasteiger partial charge in [0.1, 0.15) is 0 Å². The lowest BCUT2D eigenvalue weighted by molar-refractivity contribution is 0.102. The number of hydrogen-bond donors (Lipinski definition) is 4. The van der Waals surface area contributed by atoms with Gasteiger partial charge in [0.05, 0.1) is 0 Å². The molecule has 6 N–H and O–H groups in total. The topological polar surface area (TPSA) is 110 Å². The molecule has 1 aromatic heterocycles. The van der Waals surface area contributed by atoms with Gasteiger partial charge in [-0.15, -0.1) is 0 Å². The Balaban J connectivity index is 2.24. The molecular formula is C12H15N5O. The number of carbonyl (C=O) groups excluding carboxylic acids is 1. The third kappa shape index (κ3) is 2.27. The lowest BCUT2D eigenvalue weighted by atomic mass is 10.1. The average molecular weight is 245 g/mol. The fourth-order valence-corrected chi connectivity index (χ4v) is 1.59. The zero-order valence-electron chi connectivity index (χ0n) is 10.2. The Morgan fingerprint density at radius 3 is 2.33 bits per heavy atom. The van der Waals surface area contributed by atoms with E-state index in [0.29, 0.717) is 22.8 Å². The van der Waals surface area contributed by atoms with Crippen LogP contribution in [0.4, 0.5) is 17.2 Å². The molecule has 0 aliphatic carbocycles.